The largest absolute Gasteiger partial charge is 0.474 e. The van der Waals surface area contributed by atoms with E-state index in [0.717, 1.165) is 12.8 Å². The first-order valence-corrected chi connectivity index (χ1v) is 8.22. The molecular formula is C18H21N3O4. The molecule has 1 fully saturated rings. The lowest BCUT2D eigenvalue weighted by atomic mass is 10.1. The maximum Gasteiger partial charge on any atom is 0.289 e. The Hall–Kier alpha value is -2.83. The Morgan fingerprint density at radius 2 is 2.00 bits per heavy atom. The minimum atomic E-state index is -0.0937. The molecule has 7 heteroatoms. The number of rotatable bonds is 4. The molecule has 0 atom stereocenters. The van der Waals surface area contributed by atoms with Crippen LogP contribution in [0.25, 0.3) is 0 Å². The second-order valence-electron chi connectivity index (χ2n) is 6.17. The smallest absolute Gasteiger partial charge is 0.289 e. The fourth-order valence-electron chi connectivity index (χ4n) is 2.74. The van der Waals surface area contributed by atoms with Gasteiger partial charge in [-0.3, -0.25) is 9.59 Å². The quantitative estimate of drug-likeness (QED) is 0.849. The standard InChI is InChI=1S/C18H21N3O4/c1-20(2)17(22)13-5-6-16(19-12-13)25-14-7-9-21(10-8-14)18(23)15-4-3-11-24-15/h3-6,11-12,14H,7-10H2,1-2H3. The first-order chi connectivity index (χ1) is 12.0. The molecule has 1 aliphatic heterocycles. The summed E-state index contributed by atoms with van der Waals surface area (Å²) in [7, 11) is 3.40. The Labute approximate surface area is 146 Å². The van der Waals surface area contributed by atoms with Crippen molar-refractivity contribution < 1.29 is 18.7 Å². The van der Waals surface area contributed by atoms with Crippen molar-refractivity contribution in [2.24, 2.45) is 0 Å². The van der Waals surface area contributed by atoms with Crippen LogP contribution >= 0.6 is 0 Å². The highest BCUT2D eigenvalue weighted by atomic mass is 16.5. The number of carbonyl (C=O) groups is 2. The summed E-state index contributed by atoms with van der Waals surface area (Å²) in [6.45, 7) is 1.22. The number of nitrogens with zero attached hydrogens (tertiary/aromatic N) is 3. The molecule has 0 radical (unpaired) electrons. The zero-order valence-electron chi connectivity index (χ0n) is 14.3. The number of likely N-dealkylation sites (tertiary alicyclic amines) is 1. The van der Waals surface area contributed by atoms with Gasteiger partial charge in [0.1, 0.15) is 6.10 Å². The monoisotopic (exact) mass is 343 g/mol. The van der Waals surface area contributed by atoms with Crippen molar-refractivity contribution in [3.05, 3.63) is 48.0 Å². The van der Waals surface area contributed by atoms with Crippen LogP contribution in [-0.4, -0.2) is 59.9 Å². The van der Waals surface area contributed by atoms with Gasteiger partial charge in [0.25, 0.3) is 11.8 Å². The van der Waals surface area contributed by atoms with Crippen LogP contribution in [0.3, 0.4) is 0 Å². The van der Waals surface area contributed by atoms with Crippen LogP contribution in [0.5, 0.6) is 5.88 Å². The maximum absolute atomic E-state index is 12.2. The molecule has 0 unspecified atom stereocenters. The van der Waals surface area contributed by atoms with E-state index in [1.54, 1.807) is 43.3 Å². The second-order valence-corrected chi connectivity index (χ2v) is 6.17. The molecule has 0 aliphatic carbocycles. The molecule has 2 aromatic rings. The fourth-order valence-corrected chi connectivity index (χ4v) is 2.74. The molecule has 0 saturated carbocycles. The molecule has 132 valence electrons. The van der Waals surface area contributed by atoms with Crippen molar-refractivity contribution in [3.8, 4) is 5.88 Å². The third kappa shape index (κ3) is 3.99. The first-order valence-electron chi connectivity index (χ1n) is 8.22. The topological polar surface area (TPSA) is 75.9 Å². The molecule has 0 spiro atoms. The molecule has 0 N–H and O–H groups in total. The van der Waals surface area contributed by atoms with Crippen LogP contribution in [0.1, 0.15) is 33.8 Å². The number of hydrogen-bond donors (Lipinski definition) is 0. The average molecular weight is 343 g/mol. The highest BCUT2D eigenvalue weighted by molar-refractivity contribution is 5.93. The van der Waals surface area contributed by atoms with Gasteiger partial charge in [0.05, 0.1) is 11.8 Å². The van der Waals surface area contributed by atoms with Gasteiger partial charge in [-0.05, 0) is 18.2 Å². The van der Waals surface area contributed by atoms with E-state index in [1.807, 2.05) is 0 Å². The van der Waals surface area contributed by atoms with Crippen molar-refractivity contribution in [3.63, 3.8) is 0 Å². The molecule has 0 aromatic carbocycles. The normalized spacial score (nSPS) is 15.0. The summed E-state index contributed by atoms with van der Waals surface area (Å²) < 4.78 is 11.0. The summed E-state index contributed by atoms with van der Waals surface area (Å²) in [4.78, 5) is 31.5. The van der Waals surface area contributed by atoms with Gasteiger partial charge in [0.15, 0.2) is 5.76 Å². The number of piperidine rings is 1. The third-order valence-electron chi connectivity index (χ3n) is 4.14. The van der Waals surface area contributed by atoms with Crippen molar-refractivity contribution in [2.75, 3.05) is 27.2 Å². The first kappa shape index (κ1) is 17.0. The van der Waals surface area contributed by atoms with Gasteiger partial charge in [-0.25, -0.2) is 4.98 Å². The van der Waals surface area contributed by atoms with Crippen LogP contribution in [-0.2, 0) is 0 Å². The Balaban J connectivity index is 1.52. The van der Waals surface area contributed by atoms with Crippen molar-refractivity contribution in [2.45, 2.75) is 18.9 Å². The van der Waals surface area contributed by atoms with Crippen LogP contribution in [0, 0.1) is 0 Å². The van der Waals surface area contributed by atoms with Crippen LogP contribution in [0.4, 0.5) is 0 Å². The molecule has 7 nitrogen and oxygen atoms in total. The molecule has 1 aliphatic rings. The lowest BCUT2D eigenvalue weighted by molar-refractivity contribution is 0.0559. The van der Waals surface area contributed by atoms with E-state index in [-0.39, 0.29) is 17.9 Å². The number of hydrogen-bond acceptors (Lipinski definition) is 5. The average Bonchev–Trinajstić information content (AvgIpc) is 3.16. The molecule has 0 bridgehead atoms. The van der Waals surface area contributed by atoms with Gasteiger partial charge in [0, 0.05) is 52.3 Å². The van der Waals surface area contributed by atoms with Gasteiger partial charge in [-0.2, -0.15) is 0 Å². The summed E-state index contributed by atoms with van der Waals surface area (Å²) in [5, 5.41) is 0. The van der Waals surface area contributed by atoms with E-state index in [1.165, 1.54) is 17.4 Å². The summed E-state index contributed by atoms with van der Waals surface area (Å²) >= 11 is 0. The van der Waals surface area contributed by atoms with Gasteiger partial charge in [-0.15, -0.1) is 0 Å². The molecule has 3 heterocycles. The van der Waals surface area contributed by atoms with E-state index in [0.29, 0.717) is 30.3 Å². The maximum atomic E-state index is 12.2. The number of carbonyl (C=O) groups excluding carboxylic acids is 2. The highest BCUT2D eigenvalue weighted by Crippen LogP contribution is 2.19. The molecular weight excluding hydrogens is 322 g/mol. The van der Waals surface area contributed by atoms with Crippen molar-refractivity contribution in [1.82, 2.24) is 14.8 Å². The van der Waals surface area contributed by atoms with Crippen LogP contribution < -0.4 is 4.74 Å². The summed E-state index contributed by atoms with van der Waals surface area (Å²) in [6, 6.07) is 6.79. The van der Waals surface area contributed by atoms with Gasteiger partial charge in [-0.1, -0.05) is 0 Å². The van der Waals surface area contributed by atoms with Crippen molar-refractivity contribution >= 4 is 11.8 Å². The molecule has 3 rings (SSSR count). The summed E-state index contributed by atoms with van der Waals surface area (Å²) in [5.41, 5.74) is 0.524. The van der Waals surface area contributed by atoms with Gasteiger partial charge in [0.2, 0.25) is 5.88 Å². The van der Waals surface area contributed by atoms with Gasteiger partial charge >= 0.3 is 0 Å². The Morgan fingerprint density at radius 1 is 1.24 bits per heavy atom. The van der Waals surface area contributed by atoms with E-state index in [2.05, 4.69) is 4.98 Å². The number of aromatic nitrogens is 1. The number of ether oxygens (including phenoxy) is 1. The number of furan rings is 1. The molecule has 2 amide bonds. The Kier molecular flexibility index (Phi) is 5.02. The minimum absolute atomic E-state index is 0.00329. The zero-order valence-corrected chi connectivity index (χ0v) is 14.3. The number of amides is 2. The predicted octanol–water partition coefficient (Wildman–Crippen LogP) is 2.06. The van der Waals surface area contributed by atoms with E-state index >= 15 is 0 Å². The number of pyridine rings is 1. The molecule has 2 aromatic heterocycles. The van der Waals surface area contributed by atoms with Crippen LogP contribution in [0.15, 0.2) is 41.1 Å². The summed E-state index contributed by atoms with van der Waals surface area (Å²) in [5.74, 6) is 0.672. The SMILES string of the molecule is CN(C)C(=O)c1ccc(OC2CCN(C(=O)c3ccco3)CC2)nc1. The van der Waals surface area contributed by atoms with Gasteiger partial charge < -0.3 is 19.0 Å². The summed E-state index contributed by atoms with van der Waals surface area (Å²) in [6.07, 6.45) is 4.48. The van der Waals surface area contributed by atoms with Crippen LogP contribution in [0.2, 0.25) is 0 Å². The Morgan fingerprint density at radius 3 is 2.56 bits per heavy atom. The third-order valence-corrected chi connectivity index (χ3v) is 4.14. The fraction of sp³-hybridized carbons (Fsp3) is 0.389. The van der Waals surface area contributed by atoms with E-state index in [4.69, 9.17) is 9.15 Å². The van der Waals surface area contributed by atoms with E-state index in [9.17, 15) is 9.59 Å². The minimum Gasteiger partial charge on any atom is -0.474 e. The Bertz CT molecular complexity index is 717. The van der Waals surface area contributed by atoms with E-state index < -0.39 is 0 Å². The molecule has 1 saturated heterocycles. The highest BCUT2D eigenvalue weighted by Gasteiger charge is 2.26. The van der Waals surface area contributed by atoms with Crippen molar-refractivity contribution in [1.29, 1.82) is 0 Å². The predicted molar refractivity (Wildman–Crippen MR) is 90.5 cm³/mol. The lowest BCUT2D eigenvalue weighted by Gasteiger charge is -2.31. The lowest BCUT2D eigenvalue weighted by Crippen LogP contribution is -2.41. The second kappa shape index (κ2) is 7.38. The zero-order chi connectivity index (χ0) is 17.8. The molecule has 25 heavy (non-hydrogen) atoms.